The predicted molar refractivity (Wildman–Crippen MR) is 207 cm³/mol. The number of benzene rings is 7. The van der Waals surface area contributed by atoms with E-state index in [9.17, 15) is 0 Å². The van der Waals surface area contributed by atoms with Crippen LogP contribution in [-0.4, -0.2) is 19.1 Å². The van der Waals surface area contributed by atoms with Gasteiger partial charge in [0.15, 0.2) is 5.82 Å². The second-order valence-corrected chi connectivity index (χ2v) is 12.7. The van der Waals surface area contributed by atoms with Gasteiger partial charge in [0.2, 0.25) is 0 Å². The highest BCUT2D eigenvalue weighted by Crippen LogP contribution is 2.38. The Morgan fingerprint density at radius 3 is 1.02 bits per heavy atom. The number of rotatable bonds is 5. The van der Waals surface area contributed by atoms with Crippen LogP contribution in [0.3, 0.4) is 0 Å². The molecule has 0 bridgehead atoms. The number of aromatic nitrogens is 4. The molecule has 0 atom stereocenters. The summed E-state index contributed by atoms with van der Waals surface area (Å²) in [5.74, 6) is 0.676. The van der Waals surface area contributed by atoms with Crippen LogP contribution in [0.5, 0.6) is 0 Å². The van der Waals surface area contributed by atoms with E-state index in [-0.39, 0.29) is 0 Å². The van der Waals surface area contributed by atoms with E-state index in [4.69, 9.17) is 9.97 Å². The third-order valence-corrected chi connectivity index (χ3v) is 9.70. The zero-order valence-electron chi connectivity index (χ0n) is 27.1. The second kappa shape index (κ2) is 11.4. The summed E-state index contributed by atoms with van der Waals surface area (Å²) in [6, 6.07) is 64.3. The second-order valence-electron chi connectivity index (χ2n) is 12.7. The first-order chi connectivity index (χ1) is 24.8. The van der Waals surface area contributed by atoms with Gasteiger partial charge in [-0.1, -0.05) is 133 Å². The summed E-state index contributed by atoms with van der Waals surface area (Å²) in [7, 11) is 0. The highest BCUT2D eigenvalue weighted by atomic mass is 15.0. The lowest BCUT2D eigenvalue weighted by atomic mass is 10.1. The number of nitrogens with zero attached hydrogens (tertiary/aromatic N) is 4. The van der Waals surface area contributed by atoms with E-state index in [2.05, 4.69) is 179 Å². The van der Waals surface area contributed by atoms with Gasteiger partial charge < -0.3 is 9.13 Å². The standard InChI is InChI=1S/C46H30N4/c1-3-15-31(16-4-1)40-30-41(32-17-5-2-6-18-32)48-46(47-40)33-27-34(49-42-23-11-7-19-36(42)37-20-8-12-24-43(37)49)29-35(28-33)50-44-25-13-9-21-38(44)39-22-10-14-26-45(39)50/h1-30H. The van der Waals surface area contributed by atoms with E-state index < -0.39 is 0 Å². The molecule has 7 aromatic carbocycles. The monoisotopic (exact) mass is 638 g/mol. The van der Waals surface area contributed by atoms with Gasteiger partial charge in [-0.05, 0) is 48.5 Å². The molecule has 0 aliphatic carbocycles. The van der Waals surface area contributed by atoms with Crippen LogP contribution in [0, 0.1) is 0 Å². The average molecular weight is 639 g/mol. The van der Waals surface area contributed by atoms with Crippen LogP contribution in [0.25, 0.3) is 88.9 Å². The summed E-state index contributed by atoms with van der Waals surface area (Å²) in [6.45, 7) is 0. The molecule has 3 heterocycles. The van der Waals surface area contributed by atoms with Crippen LogP contribution in [0.15, 0.2) is 182 Å². The van der Waals surface area contributed by atoms with Gasteiger partial charge in [0.05, 0.1) is 33.5 Å². The molecule has 0 unspecified atom stereocenters. The fraction of sp³-hybridized carbons (Fsp3) is 0. The molecular formula is C46H30N4. The van der Waals surface area contributed by atoms with Crippen molar-refractivity contribution >= 4 is 43.6 Å². The Kier molecular flexibility index (Phi) is 6.46. The molecule has 4 nitrogen and oxygen atoms in total. The fourth-order valence-corrected chi connectivity index (χ4v) is 7.47. The van der Waals surface area contributed by atoms with Crippen LogP contribution in [0.2, 0.25) is 0 Å². The normalized spacial score (nSPS) is 11.6. The van der Waals surface area contributed by atoms with Crippen LogP contribution in [0.1, 0.15) is 0 Å². The molecule has 0 spiro atoms. The highest BCUT2D eigenvalue weighted by Gasteiger charge is 2.19. The average Bonchev–Trinajstić information content (AvgIpc) is 3.71. The Hall–Kier alpha value is -6.78. The molecule has 3 aromatic heterocycles. The molecule has 0 fully saturated rings. The van der Waals surface area contributed by atoms with Crippen molar-refractivity contribution in [3.63, 3.8) is 0 Å². The summed E-state index contributed by atoms with van der Waals surface area (Å²) in [5.41, 5.74) is 11.5. The van der Waals surface area contributed by atoms with Crippen molar-refractivity contribution in [2.45, 2.75) is 0 Å². The molecule has 10 aromatic rings. The summed E-state index contributed by atoms with van der Waals surface area (Å²) in [6.07, 6.45) is 0. The molecule has 0 aliphatic rings. The quantitative estimate of drug-likeness (QED) is 0.188. The number of para-hydroxylation sites is 4. The third-order valence-electron chi connectivity index (χ3n) is 9.70. The van der Waals surface area contributed by atoms with E-state index in [0.29, 0.717) is 5.82 Å². The van der Waals surface area contributed by atoms with Gasteiger partial charge in [-0.25, -0.2) is 9.97 Å². The van der Waals surface area contributed by atoms with Crippen molar-refractivity contribution in [2.75, 3.05) is 0 Å². The van der Waals surface area contributed by atoms with Gasteiger partial charge in [0.1, 0.15) is 0 Å². The summed E-state index contributed by atoms with van der Waals surface area (Å²) in [5, 5.41) is 4.89. The molecule has 0 aliphatic heterocycles. The van der Waals surface area contributed by atoms with Crippen molar-refractivity contribution in [1.82, 2.24) is 19.1 Å². The maximum atomic E-state index is 5.26. The summed E-state index contributed by atoms with van der Waals surface area (Å²) < 4.78 is 4.76. The van der Waals surface area contributed by atoms with Gasteiger partial charge in [-0.2, -0.15) is 0 Å². The molecule has 0 N–H and O–H groups in total. The van der Waals surface area contributed by atoms with Crippen molar-refractivity contribution in [3.05, 3.63) is 182 Å². The zero-order valence-corrected chi connectivity index (χ0v) is 27.1. The van der Waals surface area contributed by atoms with Gasteiger partial charge >= 0.3 is 0 Å². The Labute approximate surface area is 289 Å². The lowest BCUT2D eigenvalue weighted by Crippen LogP contribution is -2.02. The Morgan fingerprint density at radius 2 is 0.640 bits per heavy atom. The van der Waals surface area contributed by atoms with Crippen molar-refractivity contribution in [3.8, 4) is 45.3 Å². The van der Waals surface area contributed by atoms with E-state index in [1.165, 1.54) is 21.5 Å². The van der Waals surface area contributed by atoms with E-state index >= 15 is 0 Å². The van der Waals surface area contributed by atoms with Crippen molar-refractivity contribution in [1.29, 1.82) is 0 Å². The molecule has 10 rings (SSSR count). The van der Waals surface area contributed by atoms with E-state index in [0.717, 1.165) is 61.5 Å². The van der Waals surface area contributed by atoms with Crippen LogP contribution in [0.4, 0.5) is 0 Å². The summed E-state index contributed by atoms with van der Waals surface area (Å²) >= 11 is 0. The van der Waals surface area contributed by atoms with Crippen LogP contribution in [-0.2, 0) is 0 Å². The first kappa shape index (κ1) is 28.3. The van der Waals surface area contributed by atoms with Crippen molar-refractivity contribution in [2.24, 2.45) is 0 Å². The molecule has 0 radical (unpaired) electrons. The maximum Gasteiger partial charge on any atom is 0.160 e. The molecular weight excluding hydrogens is 609 g/mol. The van der Waals surface area contributed by atoms with Crippen molar-refractivity contribution < 1.29 is 0 Å². The molecule has 4 heteroatoms. The molecule has 0 saturated carbocycles. The van der Waals surface area contributed by atoms with Gasteiger partial charge in [0, 0.05) is 49.6 Å². The first-order valence-electron chi connectivity index (χ1n) is 16.9. The van der Waals surface area contributed by atoms with E-state index in [1.807, 2.05) is 12.1 Å². The number of hydrogen-bond donors (Lipinski definition) is 0. The predicted octanol–water partition coefficient (Wildman–Crippen LogP) is 11.7. The molecule has 234 valence electrons. The van der Waals surface area contributed by atoms with Gasteiger partial charge in [-0.15, -0.1) is 0 Å². The number of fused-ring (bicyclic) bond motifs is 6. The highest BCUT2D eigenvalue weighted by molar-refractivity contribution is 6.10. The first-order valence-corrected chi connectivity index (χ1v) is 16.9. The molecule has 50 heavy (non-hydrogen) atoms. The number of hydrogen-bond acceptors (Lipinski definition) is 2. The van der Waals surface area contributed by atoms with Gasteiger partial charge in [-0.3, -0.25) is 0 Å². The molecule has 0 amide bonds. The Morgan fingerprint density at radius 1 is 0.300 bits per heavy atom. The topological polar surface area (TPSA) is 35.6 Å². The van der Waals surface area contributed by atoms with Crippen LogP contribution < -0.4 is 0 Å². The maximum absolute atomic E-state index is 5.26. The minimum Gasteiger partial charge on any atom is -0.309 e. The third kappa shape index (κ3) is 4.54. The van der Waals surface area contributed by atoms with Gasteiger partial charge in [0.25, 0.3) is 0 Å². The minimum absolute atomic E-state index is 0.676. The minimum atomic E-state index is 0.676. The lowest BCUT2D eigenvalue weighted by Gasteiger charge is -2.16. The summed E-state index contributed by atoms with van der Waals surface area (Å²) in [4.78, 5) is 10.5. The lowest BCUT2D eigenvalue weighted by molar-refractivity contribution is 1.12. The SMILES string of the molecule is c1ccc(-c2cc(-c3ccccc3)nc(-c3cc(-n4c5ccccc5c5ccccc54)cc(-n4c5ccccc5c5ccccc54)c3)n2)cc1. The Bertz CT molecular complexity index is 2570. The molecule has 0 saturated heterocycles. The van der Waals surface area contributed by atoms with E-state index in [1.54, 1.807) is 0 Å². The Balaban J connectivity index is 1.31. The zero-order chi connectivity index (χ0) is 33.0. The smallest absolute Gasteiger partial charge is 0.160 e. The largest absolute Gasteiger partial charge is 0.309 e. The fourth-order valence-electron chi connectivity index (χ4n) is 7.47. The van der Waals surface area contributed by atoms with Crippen LogP contribution >= 0.6 is 0 Å².